The molecular weight excluding hydrogens is 496 g/mol. The maximum Gasteiger partial charge on any atom is 0.262 e. The van der Waals surface area contributed by atoms with Crippen molar-refractivity contribution in [1.82, 2.24) is 4.57 Å². The Morgan fingerprint density at radius 2 is 1.53 bits per heavy atom. The molecule has 1 aromatic heterocycles. The lowest BCUT2D eigenvalue weighted by Gasteiger charge is -2.25. The van der Waals surface area contributed by atoms with E-state index in [1.807, 2.05) is 42.5 Å². The van der Waals surface area contributed by atoms with Crippen LogP contribution in [0.5, 0.6) is 0 Å². The van der Waals surface area contributed by atoms with Gasteiger partial charge in [-0.1, -0.05) is 74.9 Å². The second-order valence-electron chi connectivity index (χ2n) is 9.94. The van der Waals surface area contributed by atoms with E-state index in [0.29, 0.717) is 50.3 Å². The van der Waals surface area contributed by atoms with Crippen molar-refractivity contribution in [2.45, 2.75) is 51.9 Å². The summed E-state index contributed by atoms with van der Waals surface area (Å²) in [5, 5.41) is 4.61. The summed E-state index contributed by atoms with van der Waals surface area (Å²) in [6.07, 6.45) is 6.64. The summed E-state index contributed by atoms with van der Waals surface area (Å²) in [6, 6.07) is 18.2. The number of aromatic nitrogens is 1. The predicted molar refractivity (Wildman–Crippen MR) is 155 cm³/mol. The van der Waals surface area contributed by atoms with Gasteiger partial charge < -0.3 is 9.88 Å². The summed E-state index contributed by atoms with van der Waals surface area (Å²) in [7, 11) is 1.67. The Balaban J connectivity index is 1.67. The van der Waals surface area contributed by atoms with E-state index < -0.39 is 0 Å². The second kappa shape index (κ2) is 11.0. The number of rotatable bonds is 10. The normalized spacial score (nSPS) is 12.0. The number of carbonyl (C=O) groups excluding carboxylic acids is 2. The number of pyridine rings is 1. The lowest BCUT2D eigenvalue weighted by molar-refractivity contribution is 0.0976. The average molecular weight is 527 g/mol. The van der Waals surface area contributed by atoms with Gasteiger partial charge in [0.15, 0.2) is 11.6 Å². The Kier molecular flexibility index (Phi) is 7.48. The molecule has 0 unspecified atom stereocenters. The molecule has 0 aliphatic heterocycles. The van der Waals surface area contributed by atoms with Crippen LogP contribution < -0.4 is 10.9 Å². The van der Waals surface area contributed by atoms with E-state index in [2.05, 4.69) is 12.2 Å². The first kappa shape index (κ1) is 25.9. The number of nitrogens with one attached hydrogen (secondary N) is 1. The van der Waals surface area contributed by atoms with Crippen molar-refractivity contribution in [3.63, 3.8) is 0 Å². The number of halogens is 1. The topological polar surface area (TPSA) is 68.2 Å². The molecule has 0 atom stereocenters. The Bertz CT molecular complexity index is 1600. The van der Waals surface area contributed by atoms with Gasteiger partial charge in [0.1, 0.15) is 0 Å². The zero-order valence-corrected chi connectivity index (χ0v) is 22.5. The van der Waals surface area contributed by atoms with Crippen molar-refractivity contribution in [3.05, 3.63) is 92.7 Å². The molecule has 4 aromatic rings. The minimum absolute atomic E-state index is 0.136. The molecule has 3 aromatic carbocycles. The Hall–Kier alpha value is -3.70. The molecule has 1 N–H and O–H groups in total. The van der Waals surface area contributed by atoms with Gasteiger partial charge in [0.05, 0.1) is 22.3 Å². The largest absolute Gasteiger partial charge is 0.355 e. The van der Waals surface area contributed by atoms with Crippen LogP contribution in [0.25, 0.3) is 22.0 Å². The van der Waals surface area contributed by atoms with Crippen LogP contribution in [-0.4, -0.2) is 16.1 Å². The second-order valence-corrected chi connectivity index (χ2v) is 10.4. The molecule has 0 amide bonds. The summed E-state index contributed by atoms with van der Waals surface area (Å²) in [5.41, 5.74) is 4.06. The summed E-state index contributed by atoms with van der Waals surface area (Å²) >= 11 is 6.06. The van der Waals surface area contributed by atoms with Gasteiger partial charge in [-0.3, -0.25) is 14.4 Å². The van der Waals surface area contributed by atoms with Gasteiger partial charge in [-0.2, -0.15) is 0 Å². The van der Waals surface area contributed by atoms with E-state index >= 15 is 0 Å². The Morgan fingerprint density at radius 3 is 2.26 bits per heavy atom. The molecule has 38 heavy (non-hydrogen) atoms. The van der Waals surface area contributed by atoms with Gasteiger partial charge in [-0.25, -0.2) is 0 Å². The van der Waals surface area contributed by atoms with Gasteiger partial charge in [-0.05, 0) is 48.4 Å². The van der Waals surface area contributed by atoms with E-state index in [1.165, 1.54) is 17.4 Å². The number of fused-ring (bicyclic) bond motifs is 2. The molecule has 5 nitrogen and oxygen atoms in total. The maximum atomic E-state index is 13.9. The molecule has 1 aliphatic carbocycles. The third-order valence-electron chi connectivity index (χ3n) is 7.39. The van der Waals surface area contributed by atoms with Crippen LogP contribution in [0.2, 0.25) is 5.02 Å². The van der Waals surface area contributed by atoms with Gasteiger partial charge in [-0.15, -0.1) is 0 Å². The highest BCUT2D eigenvalue weighted by molar-refractivity contribution is 6.31. The summed E-state index contributed by atoms with van der Waals surface area (Å²) in [4.78, 5) is 41.2. The highest BCUT2D eigenvalue weighted by Crippen LogP contribution is 2.44. The third kappa shape index (κ3) is 4.67. The van der Waals surface area contributed by atoms with Crippen molar-refractivity contribution in [2.24, 2.45) is 7.05 Å². The summed E-state index contributed by atoms with van der Waals surface area (Å²) in [6.45, 7) is 2.18. The van der Waals surface area contributed by atoms with E-state index in [4.69, 9.17) is 11.6 Å². The van der Waals surface area contributed by atoms with Gasteiger partial charge in [0.2, 0.25) is 0 Å². The van der Waals surface area contributed by atoms with Crippen LogP contribution in [0.4, 0.5) is 11.4 Å². The molecule has 5 rings (SSSR count). The molecule has 194 valence electrons. The minimum atomic E-state index is -0.322. The van der Waals surface area contributed by atoms with Crippen LogP contribution in [-0.2, 0) is 7.05 Å². The molecule has 0 bridgehead atoms. The highest BCUT2D eigenvalue weighted by Gasteiger charge is 2.33. The maximum absolute atomic E-state index is 13.9. The first-order valence-electron chi connectivity index (χ1n) is 13.3. The number of unbranched alkanes of at least 4 members (excludes halogenated alkanes) is 5. The van der Waals surface area contributed by atoms with Crippen LogP contribution >= 0.6 is 11.6 Å². The third-order valence-corrected chi connectivity index (χ3v) is 7.64. The van der Waals surface area contributed by atoms with Crippen LogP contribution in [0.3, 0.4) is 0 Å². The first-order chi connectivity index (χ1) is 18.4. The fourth-order valence-electron chi connectivity index (χ4n) is 5.41. The van der Waals surface area contributed by atoms with Crippen LogP contribution in [0, 0.1) is 0 Å². The van der Waals surface area contributed by atoms with E-state index in [-0.39, 0.29) is 22.7 Å². The average Bonchev–Trinajstić information content (AvgIpc) is 2.92. The van der Waals surface area contributed by atoms with E-state index in [0.717, 1.165) is 31.4 Å². The number of benzene rings is 3. The van der Waals surface area contributed by atoms with E-state index in [1.54, 1.807) is 25.2 Å². The highest BCUT2D eigenvalue weighted by atomic mass is 35.5. The zero-order chi connectivity index (χ0) is 26.8. The van der Waals surface area contributed by atoms with Gasteiger partial charge in [0.25, 0.3) is 5.56 Å². The number of aryl methyl sites for hydroxylation is 1. The molecular formula is C32H31ClN2O3. The van der Waals surface area contributed by atoms with E-state index in [9.17, 15) is 14.4 Å². The number of Topliss-reactive ketones (excluding diaryl/α,β-unsaturated/α-hetero) is 1. The molecule has 0 saturated carbocycles. The van der Waals surface area contributed by atoms with Crippen molar-refractivity contribution in [3.8, 4) is 11.1 Å². The number of hydrogen-bond acceptors (Lipinski definition) is 4. The zero-order valence-electron chi connectivity index (χ0n) is 21.8. The molecule has 6 heteroatoms. The van der Waals surface area contributed by atoms with Crippen LogP contribution in [0.1, 0.15) is 78.1 Å². The molecule has 0 fully saturated rings. The SMILES string of the molecule is CCCCCCCCC(=O)c1c2c3c(c(Nc4ccc(Cl)cc4)ccc3n(C)c1=O)C(=O)c1ccccc1-2. The first-order valence-corrected chi connectivity index (χ1v) is 13.7. The lowest BCUT2D eigenvalue weighted by atomic mass is 9.80. The molecule has 0 spiro atoms. The van der Waals surface area contributed by atoms with Crippen molar-refractivity contribution in [1.29, 1.82) is 0 Å². The quantitative estimate of drug-likeness (QED) is 0.147. The van der Waals surface area contributed by atoms with Gasteiger partial charge in [0, 0.05) is 40.7 Å². The van der Waals surface area contributed by atoms with Crippen molar-refractivity contribution >= 4 is 45.4 Å². The molecule has 1 heterocycles. The molecule has 0 saturated heterocycles. The Labute approximate surface area is 227 Å². The number of ketones is 2. The molecule has 0 radical (unpaired) electrons. The van der Waals surface area contributed by atoms with Crippen molar-refractivity contribution in [2.75, 3.05) is 5.32 Å². The van der Waals surface area contributed by atoms with Crippen LogP contribution in [0.15, 0.2) is 65.5 Å². The van der Waals surface area contributed by atoms with Crippen molar-refractivity contribution < 1.29 is 9.59 Å². The lowest BCUT2D eigenvalue weighted by Crippen LogP contribution is -2.28. The summed E-state index contributed by atoms with van der Waals surface area (Å²) < 4.78 is 1.50. The number of hydrogen-bond donors (Lipinski definition) is 1. The standard InChI is InChI=1S/C32H31ClN2O3/c1-3-4-5-6-7-8-13-26(36)30-27-22-11-9-10-12-23(22)31(37)28-24(34-21-16-14-20(33)15-17-21)18-19-25(29(27)28)35(2)32(30)38/h9-12,14-19,34H,3-8,13H2,1-2H3. The summed E-state index contributed by atoms with van der Waals surface area (Å²) in [5.74, 6) is -0.299. The number of carbonyl (C=O) groups is 2. The predicted octanol–water partition coefficient (Wildman–Crippen LogP) is 8.08. The smallest absolute Gasteiger partial charge is 0.262 e. The fraction of sp³-hybridized carbons (Fsp3) is 0.281. The minimum Gasteiger partial charge on any atom is -0.355 e. The fourth-order valence-corrected chi connectivity index (χ4v) is 5.54. The Morgan fingerprint density at radius 1 is 0.842 bits per heavy atom. The number of nitrogens with zero attached hydrogens (tertiary/aromatic N) is 1. The van der Waals surface area contributed by atoms with Gasteiger partial charge >= 0.3 is 0 Å². The number of anilines is 2. The molecule has 1 aliphatic rings. The monoisotopic (exact) mass is 526 g/mol.